The van der Waals surface area contributed by atoms with E-state index in [1.165, 1.54) is 0 Å². The lowest BCUT2D eigenvalue weighted by Crippen LogP contribution is -2.48. The minimum Gasteiger partial charge on any atom is -0.383 e. The highest BCUT2D eigenvalue weighted by Gasteiger charge is 2.21. The highest BCUT2D eigenvalue weighted by atomic mass is 35.5. The average Bonchev–Trinajstić information content (AvgIpc) is 3.13. The van der Waals surface area contributed by atoms with Crippen LogP contribution < -0.4 is 5.73 Å². The van der Waals surface area contributed by atoms with E-state index < -0.39 is 0 Å². The number of aryl methyl sites for hydroxylation is 1. The first-order valence-electron chi connectivity index (χ1n) is 10.8. The standard InChI is InChI=1S/C24H29ClN4OS/c1-16(2)29-11-9-28(10-12-29)15-23-20(25)14-22(31-23)21(30)6-4-17-3-5-19-18(13-17)7-8-27-24(19)26/h3,5,7-8,13-14,16H,4,6,9-12,15H2,1-2H3,(H2,26,27). The first kappa shape index (κ1) is 22.2. The fourth-order valence-corrected chi connectivity index (χ4v) is 5.49. The number of fused-ring (bicyclic) bond motifs is 1. The minimum atomic E-state index is 0.150. The molecule has 1 fully saturated rings. The zero-order valence-corrected chi connectivity index (χ0v) is 19.7. The molecule has 3 aromatic rings. The number of pyridine rings is 1. The number of hydrogen-bond donors (Lipinski definition) is 1. The molecule has 5 nitrogen and oxygen atoms in total. The molecule has 0 radical (unpaired) electrons. The normalized spacial score (nSPS) is 15.7. The molecule has 0 atom stereocenters. The molecule has 1 saturated heterocycles. The molecule has 7 heteroatoms. The third-order valence-corrected chi connectivity index (χ3v) is 7.65. The molecular weight excluding hydrogens is 428 g/mol. The van der Waals surface area contributed by atoms with Crippen molar-refractivity contribution in [2.24, 2.45) is 0 Å². The van der Waals surface area contributed by atoms with Gasteiger partial charge in [-0.2, -0.15) is 0 Å². The van der Waals surface area contributed by atoms with E-state index in [1.807, 2.05) is 24.3 Å². The number of Topliss-reactive ketones (excluding diaryl/α,β-unsaturated/α-hetero) is 1. The Hall–Kier alpha value is -1.99. The van der Waals surface area contributed by atoms with Crippen molar-refractivity contribution in [2.75, 3.05) is 31.9 Å². The maximum absolute atomic E-state index is 12.8. The number of ketones is 1. The monoisotopic (exact) mass is 456 g/mol. The Bertz CT molecular complexity index is 1070. The summed E-state index contributed by atoms with van der Waals surface area (Å²) in [4.78, 5) is 23.7. The zero-order valence-electron chi connectivity index (χ0n) is 18.1. The van der Waals surface area contributed by atoms with Gasteiger partial charge in [-0.3, -0.25) is 14.6 Å². The topological polar surface area (TPSA) is 62.5 Å². The second-order valence-electron chi connectivity index (χ2n) is 8.46. The second kappa shape index (κ2) is 9.65. The van der Waals surface area contributed by atoms with Gasteiger partial charge in [0.1, 0.15) is 5.82 Å². The molecule has 164 valence electrons. The van der Waals surface area contributed by atoms with E-state index in [1.54, 1.807) is 17.5 Å². The van der Waals surface area contributed by atoms with Crippen molar-refractivity contribution in [3.63, 3.8) is 0 Å². The summed E-state index contributed by atoms with van der Waals surface area (Å²) >= 11 is 8.03. The highest BCUT2D eigenvalue weighted by molar-refractivity contribution is 7.14. The fraction of sp³-hybridized carbons (Fsp3) is 0.417. The lowest BCUT2D eigenvalue weighted by atomic mass is 10.0. The molecule has 1 aromatic carbocycles. The summed E-state index contributed by atoms with van der Waals surface area (Å²) in [6.07, 6.45) is 2.87. The van der Waals surface area contributed by atoms with E-state index in [9.17, 15) is 4.79 Å². The van der Waals surface area contributed by atoms with Gasteiger partial charge in [0.15, 0.2) is 5.78 Å². The number of piperazine rings is 1. The molecule has 2 aromatic heterocycles. The number of hydrogen-bond acceptors (Lipinski definition) is 6. The lowest BCUT2D eigenvalue weighted by Gasteiger charge is -2.36. The summed E-state index contributed by atoms with van der Waals surface area (Å²) in [5.74, 6) is 0.684. The molecule has 3 heterocycles. The molecule has 0 unspecified atom stereocenters. The number of anilines is 1. The van der Waals surface area contributed by atoms with Crippen LogP contribution in [0.2, 0.25) is 5.02 Å². The predicted molar refractivity (Wildman–Crippen MR) is 130 cm³/mol. The number of carbonyl (C=O) groups is 1. The number of rotatable bonds is 7. The SMILES string of the molecule is CC(C)N1CCN(Cc2sc(C(=O)CCc3ccc4c(N)nccc4c3)cc2Cl)CC1. The van der Waals surface area contributed by atoms with Gasteiger partial charge in [0.25, 0.3) is 0 Å². The number of nitrogens with zero attached hydrogens (tertiary/aromatic N) is 3. The summed E-state index contributed by atoms with van der Waals surface area (Å²) in [5, 5.41) is 2.71. The summed E-state index contributed by atoms with van der Waals surface area (Å²) in [5.41, 5.74) is 7.05. The molecule has 0 amide bonds. The Morgan fingerprint density at radius 3 is 2.71 bits per heavy atom. The van der Waals surface area contributed by atoms with Gasteiger partial charge in [-0.25, -0.2) is 4.98 Å². The average molecular weight is 457 g/mol. The van der Waals surface area contributed by atoms with Crippen molar-refractivity contribution in [1.82, 2.24) is 14.8 Å². The van der Waals surface area contributed by atoms with E-state index >= 15 is 0 Å². The Morgan fingerprint density at radius 2 is 1.97 bits per heavy atom. The molecule has 2 N–H and O–H groups in total. The number of halogens is 1. The smallest absolute Gasteiger partial charge is 0.173 e. The van der Waals surface area contributed by atoms with Gasteiger partial charge in [0, 0.05) is 61.6 Å². The Morgan fingerprint density at radius 1 is 1.19 bits per heavy atom. The summed E-state index contributed by atoms with van der Waals surface area (Å²) in [6.45, 7) is 9.56. The van der Waals surface area contributed by atoms with Gasteiger partial charge in [-0.05, 0) is 43.4 Å². The first-order valence-corrected chi connectivity index (χ1v) is 12.0. The fourth-order valence-electron chi connectivity index (χ4n) is 4.08. The van der Waals surface area contributed by atoms with E-state index in [2.05, 4.69) is 34.7 Å². The van der Waals surface area contributed by atoms with Gasteiger partial charge in [-0.1, -0.05) is 29.8 Å². The first-order chi connectivity index (χ1) is 14.9. The van der Waals surface area contributed by atoms with Crippen molar-refractivity contribution < 1.29 is 4.79 Å². The zero-order chi connectivity index (χ0) is 22.0. The van der Waals surface area contributed by atoms with Gasteiger partial charge in [0.05, 0.1) is 9.90 Å². The van der Waals surface area contributed by atoms with Crippen LogP contribution in [0, 0.1) is 0 Å². The Balaban J connectivity index is 1.35. The maximum atomic E-state index is 12.8. The quantitative estimate of drug-likeness (QED) is 0.513. The lowest BCUT2D eigenvalue weighted by molar-refractivity contribution is 0.0986. The third kappa shape index (κ3) is 5.26. The van der Waals surface area contributed by atoms with E-state index in [-0.39, 0.29) is 5.78 Å². The van der Waals surface area contributed by atoms with Gasteiger partial charge >= 0.3 is 0 Å². The third-order valence-electron chi connectivity index (χ3n) is 6.04. The van der Waals surface area contributed by atoms with Gasteiger partial charge in [-0.15, -0.1) is 11.3 Å². The van der Waals surface area contributed by atoms with Crippen molar-refractivity contribution in [3.8, 4) is 0 Å². The van der Waals surface area contributed by atoms with E-state index in [0.29, 0.717) is 29.7 Å². The number of aromatic nitrogens is 1. The molecular formula is C24H29ClN4OS. The molecule has 0 aliphatic carbocycles. The predicted octanol–water partition coefficient (Wildman–Crippen LogP) is 4.87. The summed E-state index contributed by atoms with van der Waals surface area (Å²) < 4.78 is 0. The molecule has 4 rings (SSSR count). The van der Waals surface area contributed by atoms with Crippen LogP contribution in [-0.2, 0) is 13.0 Å². The van der Waals surface area contributed by atoms with Crippen LogP contribution in [0.15, 0.2) is 36.5 Å². The highest BCUT2D eigenvalue weighted by Crippen LogP contribution is 2.30. The van der Waals surface area contributed by atoms with Crippen molar-refractivity contribution in [3.05, 3.63) is 56.9 Å². The van der Waals surface area contributed by atoms with Gasteiger partial charge in [0.2, 0.25) is 0 Å². The van der Waals surface area contributed by atoms with Crippen LogP contribution >= 0.6 is 22.9 Å². The van der Waals surface area contributed by atoms with Crippen LogP contribution in [0.4, 0.5) is 5.82 Å². The molecule has 31 heavy (non-hydrogen) atoms. The van der Waals surface area contributed by atoms with Crippen LogP contribution in [-0.4, -0.2) is 52.8 Å². The number of nitrogens with two attached hydrogens (primary N) is 1. The Kier molecular flexibility index (Phi) is 6.92. The van der Waals surface area contributed by atoms with Crippen LogP contribution in [0.5, 0.6) is 0 Å². The van der Waals surface area contributed by atoms with Crippen LogP contribution in [0.25, 0.3) is 10.8 Å². The maximum Gasteiger partial charge on any atom is 0.173 e. The van der Waals surface area contributed by atoms with Crippen molar-refractivity contribution in [2.45, 2.75) is 39.3 Å². The largest absolute Gasteiger partial charge is 0.383 e. The molecule has 1 aliphatic rings. The number of carbonyl (C=O) groups excluding carboxylic acids is 1. The number of thiophene rings is 1. The summed E-state index contributed by atoms with van der Waals surface area (Å²) in [6, 6.07) is 10.5. The van der Waals surface area contributed by atoms with Crippen LogP contribution in [0.1, 0.15) is 40.4 Å². The van der Waals surface area contributed by atoms with E-state index in [0.717, 1.165) is 58.8 Å². The second-order valence-corrected chi connectivity index (χ2v) is 10.0. The van der Waals surface area contributed by atoms with Gasteiger partial charge < -0.3 is 5.73 Å². The number of benzene rings is 1. The minimum absolute atomic E-state index is 0.150. The van der Waals surface area contributed by atoms with Crippen molar-refractivity contribution >= 4 is 45.3 Å². The molecule has 0 spiro atoms. The summed E-state index contributed by atoms with van der Waals surface area (Å²) in [7, 11) is 0. The van der Waals surface area contributed by atoms with E-state index in [4.69, 9.17) is 17.3 Å². The number of nitrogen functional groups attached to an aromatic ring is 1. The van der Waals surface area contributed by atoms with Crippen molar-refractivity contribution in [1.29, 1.82) is 0 Å². The Labute approximate surface area is 192 Å². The molecule has 0 bridgehead atoms. The molecule has 1 aliphatic heterocycles. The molecule has 0 saturated carbocycles. The van der Waals surface area contributed by atoms with Crippen LogP contribution in [0.3, 0.4) is 0 Å².